The summed E-state index contributed by atoms with van der Waals surface area (Å²) >= 11 is 0. The molecular weight excluding hydrogens is 374 g/mol. The lowest BCUT2D eigenvalue weighted by atomic mass is 9.96. The Morgan fingerprint density at radius 2 is 1.85 bits per heavy atom. The summed E-state index contributed by atoms with van der Waals surface area (Å²) < 4.78 is 26.6. The van der Waals surface area contributed by atoms with E-state index in [9.17, 15) is 13.6 Å². The minimum Gasteiger partial charge on any atom is -0.338 e. The number of carbonyl (C=O) groups excluding carboxylic acids is 1. The zero-order chi connectivity index (χ0) is 18.9. The highest BCUT2D eigenvalue weighted by atomic mass is 35.5. The fourth-order valence-corrected chi connectivity index (χ4v) is 2.76. The van der Waals surface area contributed by atoms with Crippen molar-refractivity contribution in [1.29, 1.82) is 0 Å². The van der Waals surface area contributed by atoms with E-state index in [0.717, 1.165) is 24.1 Å². The lowest BCUT2D eigenvalue weighted by Gasteiger charge is -2.22. The zero-order valence-corrected chi connectivity index (χ0v) is 15.8. The average Bonchev–Trinajstić information content (AvgIpc) is 2.98. The Bertz CT molecular complexity index is 915. The van der Waals surface area contributed by atoms with E-state index >= 15 is 0 Å². The second-order valence-electron chi connectivity index (χ2n) is 6.57. The van der Waals surface area contributed by atoms with Gasteiger partial charge in [-0.25, -0.2) is 13.8 Å². The van der Waals surface area contributed by atoms with E-state index in [0.29, 0.717) is 29.0 Å². The van der Waals surface area contributed by atoms with E-state index in [1.807, 2.05) is 6.92 Å². The molecule has 3 aromatic rings. The Hall–Kier alpha value is -2.51. The molecule has 0 saturated heterocycles. The van der Waals surface area contributed by atoms with Crippen molar-refractivity contribution in [3.63, 3.8) is 0 Å². The molecule has 1 atom stereocenters. The quantitative estimate of drug-likeness (QED) is 0.600. The third kappa shape index (κ3) is 4.43. The van der Waals surface area contributed by atoms with E-state index in [2.05, 4.69) is 15.3 Å². The summed E-state index contributed by atoms with van der Waals surface area (Å²) in [6, 6.07) is 9.09. The minimum atomic E-state index is -0.939. The summed E-state index contributed by atoms with van der Waals surface area (Å²) in [4.78, 5) is 19.5. The van der Waals surface area contributed by atoms with Crippen LogP contribution in [-0.2, 0) is 4.79 Å². The number of H-pyrrole nitrogens is 1. The summed E-state index contributed by atoms with van der Waals surface area (Å²) in [6.07, 6.45) is 1.40. The fourth-order valence-electron chi connectivity index (χ4n) is 2.76. The molecule has 144 valence electrons. The zero-order valence-electron chi connectivity index (χ0n) is 15.0. The Morgan fingerprint density at radius 1 is 1.22 bits per heavy atom. The van der Waals surface area contributed by atoms with Gasteiger partial charge in [0.25, 0.3) is 0 Å². The molecule has 0 saturated carbocycles. The second kappa shape index (κ2) is 8.02. The molecule has 0 radical (unpaired) electrons. The molecule has 3 rings (SSSR count). The molecule has 0 bridgehead atoms. The molecule has 5 nitrogen and oxygen atoms in total. The van der Waals surface area contributed by atoms with Gasteiger partial charge in [-0.05, 0) is 37.6 Å². The van der Waals surface area contributed by atoms with Crippen LogP contribution in [-0.4, -0.2) is 21.4 Å². The van der Waals surface area contributed by atoms with Crippen LogP contribution < -0.4 is 11.1 Å². The maximum atomic E-state index is 13.3. The number of anilines is 1. The van der Waals surface area contributed by atoms with Crippen LogP contribution >= 0.6 is 12.4 Å². The van der Waals surface area contributed by atoms with Crippen LogP contribution in [0, 0.1) is 11.6 Å². The monoisotopic (exact) mass is 394 g/mol. The van der Waals surface area contributed by atoms with E-state index in [1.54, 1.807) is 31.2 Å². The minimum absolute atomic E-state index is 0. The summed E-state index contributed by atoms with van der Waals surface area (Å²) in [5, 5.41) is 2.79. The first-order chi connectivity index (χ1) is 12.3. The molecule has 0 fully saturated rings. The van der Waals surface area contributed by atoms with Crippen LogP contribution in [0.4, 0.5) is 14.5 Å². The summed E-state index contributed by atoms with van der Waals surface area (Å²) in [5.74, 6) is -1.63. The van der Waals surface area contributed by atoms with Crippen molar-refractivity contribution >= 4 is 35.0 Å². The molecule has 0 aliphatic carbocycles. The van der Waals surface area contributed by atoms with E-state index < -0.39 is 17.2 Å². The van der Waals surface area contributed by atoms with E-state index in [-0.39, 0.29) is 18.3 Å². The Labute approximate surface area is 161 Å². The molecule has 1 heterocycles. The van der Waals surface area contributed by atoms with Crippen LogP contribution in [0.1, 0.15) is 26.7 Å². The topological polar surface area (TPSA) is 83.8 Å². The molecule has 27 heavy (non-hydrogen) atoms. The number of aromatic nitrogens is 2. The first-order valence-corrected chi connectivity index (χ1v) is 8.35. The van der Waals surface area contributed by atoms with Gasteiger partial charge >= 0.3 is 0 Å². The van der Waals surface area contributed by atoms with Crippen molar-refractivity contribution in [2.45, 2.75) is 32.2 Å². The highest BCUT2D eigenvalue weighted by Crippen LogP contribution is 2.24. The Balaban J connectivity index is 0.00000261. The lowest BCUT2D eigenvalue weighted by Crippen LogP contribution is -2.48. The number of nitrogens with one attached hydrogen (secondary N) is 2. The van der Waals surface area contributed by atoms with Crippen LogP contribution in [0.15, 0.2) is 36.4 Å². The third-order valence-corrected chi connectivity index (χ3v) is 4.23. The molecule has 0 aliphatic heterocycles. The van der Waals surface area contributed by atoms with Crippen LogP contribution in [0.25, 0.3) is 22.4 Å². The molecule has 2 aromatic carbocycles. The number of hydrogen-bond acceptors (Lipinski definition) is 3. The predicted molar refractivity (Wildman–Crippen MR) is 105 cm³/mol. The van der Waals surface area contributed by atoms with E-state index in [1.165, 1.54) is 0 Å². The molecule has 1 aromatic heterocycles. The number of aromatic amines is 1. The molecule has 0 aliphatic rings. The first kappa shape index (κ1) is 20.8. The summed E-state index contributed by atoms with van der Waals surface area (Å²) in [5.41, 5.74) is 7.18. The molecular formula is C19H21ClF2N4O. The van der Waals surface area contributed by atoms with Gasteiger partial charge in [0.2, 0.25) is 5.91 Å². The Morgan fingerprint density at radius 3 is 2.48 bits per heavy atom. The number of rotatable bonds is 5. The van der Waals surface area contributed by atoms with E-state index in [4.69, 9.17) is 5.73 Å². The van der Waals surface area contributed by atoms with Gasteiger partial charge in [0.05, 0.1) is 16.6 Å². The van der Waals surface area contributed by atoms with Gasteiger partial charge in [-0.15, -0.1) is 12.4 Å². The highest BCUT2D eigenvalue weighted by Gasteiger charge is 2.27. The predicted octanol–water partition coefficient (Wildman–Crippen LogP) is 4.39. The van der Waals surface area contributed by atoms with Gasteiger partial charge < -0.3 is 16.0 Å². The fraction of sp³-hybridized carbons (Fsp3) is 0.263. The lowest BCUT2D eigenvalue weighted by molar-refractivity contribution is -0.120. The van der Waals surface area contributed by atoms with Crippen LogP contribution in [0.3, 0.4) is 0 Å². The van der Waals surface area contributed by atoms with Crippen molar-refractivity contribution in [3.8, 4) is 11.4 Å². The number of halogens is 3. The standard InChI is InChI=1S/C19H20F2N4O.ClH/c1-3-8-19(2,22)18(26)23-12-6-4-11(5-7-12)17-24-15-9-13(20)14(21)10-16(15)25-17;/h4-7,9-10H,3,8,22H2,1-2H3,(H,23,26)(H,24,25);1H. The number of amides is 1. The van der Waals surface area contributed by atoms with Crippen molar-refractivity contribution < 1.29 is 13.6 Å². The molecule has 4 N–H and O–H groups in total. The highest BCUT2D eigenvalue weighted by molar-refractivity contribution is 5.97. The maximum absolute atomic E-state index is 13.3. The van der Waals surface area contributed by atoms with Gasteiger partial charge in [0.1, 0.15) is 5.82 Å². The molecule has 8 heteroatoms. The summed E-state index contributed by atoms with van der Waals surface area (Å²) in [7, 11) is 0. The largest absolute Gasteiger partial charge is 0.338 e. The number of fused-ring (bicyclic) bond motifs is 1. The number of benzene rings is 2. The van der Waals surface area contributed by atoms with Gasteiger partial charge in [0, 0.05) is 23.4 Å². The molecule has 0 spiro atoms. The van der Waals surface area contributed by atoms with Gasteiger partial charge in [-0.1, -0.05) is 13.3 Å². The van der Waals surface area contributed by atoms with Crippen molar-refractivity contribution in [3.05, 3.63) is 48.0 Å². The van der Waals surface area contributed by atoms with Crippen molar-refractivity contribution in [2.24, 2.45) is 5.73 Å². The number of hydrogen-bond donors (Lipinski definition) is 3. The van der Waals surface area contributed by atoms with Crippen molar-refractivity contribution in [2.75, 3.05) is 5.32 Å². The third-order valence-electron chi connectivity index (χ3n) is 4.23. The number of imidazole rings is 1. The first-order valence-electron chi connectivity index (χ1n) is 8.35. The maximum Gasteiger partial charge on any atom is 0.244 e. The molecule has 1 unspecified atom stereocenters. The average molecular weight is 395 g/mol. The van der Waals surface area contributed by atoms with Gasteiger partial charge in [-0.3, -0.25) is 4.79 Å². The SMILES string of the molecule is CCCC(C)(N)C(=O)Nc1ccc(-c2nc3cc(F)c(F)cc3[nH]2)cc1.Cl. The number of carbonyl (C=O) groups is 1. The van der Waals surface area contributed by atoms with Gasteiger partial charge in [0.15, 0.2) is 11.6 Å². The van der Waals surface area contributed by atoms with Crippen LogP contribution in [0.2, 0.25) is 0 Å². The smallest absolute Gasteiger partial charge is 0.244 e. The normalized spacial score (nSPS) is 13.1. The van der Waals surface area contributed by atoms with Crippen molar-refractivity contribution in [1.82, 2.24) is 9.97 Å². The van der Waals surface area contributed by atoms with Gasteiger partial charge in [-0.2, -0.15) is 0 Å². The Kier molecular flexibility index (Phi) is 6.18. The molecule has 1 amide bonds. The number of nitrogens with two attached hydrogens (primary N) is 1. The number of nitrogens with zero attached hydrogens (tertiary/aromatic N) is 1. The summed E-state index contributed by atoms with van der Waals surface area (Å²) in [6.45, 7) is 3.67. The van der Waals surface area contributed by atoms with Crippen LogP contribution in [0.5, 0.6) is 0 Å². The second-order valence-corrected chi connectivity index (χ2v) is 6.57.